The molecule has 0 aromatic rings. The molecule has 1 unspecified atom stereocenters. The number of ether oxygens (including phenoxy) is 1. The largest absolute Gasteiger partial charge is 0.391 e. The van der Waals surface area contributed by atoms with Crippen LogP contribution < -0.4 is 5.73 Å². The zero-order valence-electron chi connectivity index (χ0n) is 8.01. The van der Waals surface area contributed by atoms with E-state index in [1.807, 2.05) is 6.92 Å². The van der Waals surface area contributed by atoms with Gasteiger partial charge in [-0.3, -0.25) is 0 Å². The van der Waals surface area contributed by atoms with E-state index in [9.17, 15) is 0 Å². The Balaban J connectivity index is 3.14. The molecule has 2 nitrogen and oxygen atoms in total. The molecule has 0 radical (unpaired) electrons. The Labute approximate surface area is 80.5 Å². The molecule has 0 aromatic heterocycles. The van der Waals surface area contributed by atoms with Crippen LogP contribution in [0.25, 0.3) is 0 Å². The molecule has 12 heavy (non-hydrogen) atoms. The Morgan fingerprint density at radius 3 is 2.58 bits per heavy atom. The van der Waals surface area contributed by atoms with Gasteiger partial charge in [0.05, 0.1) is 0 Å². The Hall–Kier alpha value is -0.150. The van der Waals surface area contributed by atoms with Crippen LogP contribution in [-0.4, -0.2) is 17.7 Å². The number of rotatable bonds is 7. The second-order valence-electron chi connectivity index (χ2n) is 2.98. The summed E-state index contributed by atoms with van der Waals surface area (Å²) in [6.45, 7) is 4.86. The van der Waals surface area contributed by atoms with E-state index in [0.29, 0.717) is 4.99 Å². The second-order valence-corrected chi connectivity index (χ2v) is 3.45. The molecule has 0 rings (SSSR count). The molecule has 0 bridgehead atoms. The van der Waals surface area contributed by atoms with Crippen molar-refractivity contribution in [2.45, 2.75) is 45.6 Å². The van der Waals surface area contributed by atoms with Gasteiger partial charge in [-0.1, -0.05) is 38.4 Å². The van der Waals surface area contributed by atoms with E-state index in [1.165, 1.54) is 19.3 Å². The Morgan fingerprint density at radius 1 is 1.42 bits per heavy atom. The Morgan fingerprint density at radius 2 is 2.08 bits per heavy atom. The zero-order valence-corrected chi connectivity index (χ0v) is 8.82. The number of hydrogen-bond donors (Lipinski definition) is 1. The maximum Gasteiger partial charge on any atom is 0.104 e. The molecule has 0 spiro atoms. The molecule has 0 aromatic carbocycles. The fourth-order valence-electron chi connectivity index (χ4n) is 0.871. The van der Waals surface area contributed by atoms with Crippen LogP contribution in [0.3, 0.4) is 0 Å². The van der Waals surface area contributed by atoms with Crippen molar-refractivity contribution in [1.82, 2.24) is 0 Å². The SMILES string of the molecule is CCCCCCOC(C)C(N)=S. The van der Waals surface area contributed by atoms with Gasteiger partial charge >= 0.3 is 0 Å². The van der Waals surface area contributed by atoms with Crippen molar-refractivity contribution >= 4 is 17.2 Å². The lowest BCUT2D eigenvalue weighted by molar-refractivity contribution is 0.107. The van der Waals surface area contributed by atoms with Crippen LogP contribution in [0.15, 0.2) is 0 Å². The third kappa shape index (κ3) is 6.55. The molecule has 0 saturated carbocycles. The number of thiocarbonyl (C=S) groups is 1. The fraction of sp³-hybridized carbons (Fsp3) is 0.889. The minimum absolute atomic E-state index is 0.0679. The summed E-state index contributed by atoms with van der Waals surface area (Å²) in [4.78, 5) is 0.450. The lowest BCUT2D eigenvalue weighted by Gasteiger charge is -2.10. The first kappa shape index (κ1) is 11.8. The second kappa shape index (κ2) is 7.50. The van der Waals surface area contributed by atoms with Crippen LogP contribution in [0, 0.1) is 0 Å². The van der Waals surface area contributed by atoms with Gasteiger partial charge in [-0.15, -0.1) is 0 Å². The summed E-state index contributed by atoms with van der Waals surface area (Å²) in [5.41, 5.74) is 5.38. The molecule has 0 heterocycles. The maximum atomic E-state index is 5.38. The van der Waals surface area contributed by atoms with Gasteiger partial charge in [0.15, 0.2) is 0 Å². The summed E-state index contributed by atoms with van der Waals surface area (Å²) in [5, 5.41) is 0. The molecule has 0 saturated heterocycles. The van der Waals surface area contributed by atoms with Crippen molar-refractivity contribution < 1.29 is 4.74 Å². The van der Waals surface area contributed by atoms with Crippen molar-refractivity contribution in [3.63, 3.8) is 0 Å². The number of nitrogens with two attached hydrogens (primary N) is 1. The lowest BCUT2D eigenvalue weighted by Crippen LogP contribution is -2.26. The van der Waals surface area contributed by atoms with Crippen molar-refractivity contribution in [2.75, 3.05) is 6.61 Å². The summed E-state index contributed by atoms with van der Waals surface area (Å²) >= 11 is 4.77. The molecule has 0 aliphatic carbocycles. The molecule has 0 amide bonds. The van der Waals surface area contributed by atoms with Gasteiger partial charge in [0, 0.05) is 6.61 Å². The summed E-state index contributed by atoms with van der Waals surface area (Å²) < 4.78 is 5.38. The van der Waals surface area contributed by atoms with Crippen molar-refractivity contribution in [2.24, 2.45) is 5.73 Å². The Bertz CT molecular complexity index is 128. The smallest absolute Gasteiger partial charge is 0.104 e. The first-order chi connectivity index (χ1) is 5.68. The summed E-state index contributed by atoms with van der Waals surface area (Å²) in [6, 6.07) is 0. The van der Waals surface area contributed by atoms with E-state index in [1.54, 1.807) is 0 Å². The quantitative estimate of drug-likeness (QED) is 0.493. The van der Waals surface area contributed by atoms with E-state index in [4.69, 9.17) is 22.7 Å². The molecule has 0 aliphatic rings. The molecule has 0 fully saturated rings. The van der Waals surface area contributed by atoms with Gasteiger partial charge in [0.1, 0.15) is 11.1 Å². The highest BCUT2D eigenvalue weighted by atomic mass is 32.1. The van der Waals surface area contributed by atoms with E-state index in [2.05, 4.69) is 6.92 Å². The average Bonchev–Trinajstić information content (AvgIpc) is 2.03. The first-order valence-electron chi connectivity index (χ1n) is 4.59. The molecule has 72 valence electrons. The fourth-order valence-corrected chi connectivity index (χ4v) is 0.939. The van der Waals surface area contributed by atoms with Crippen LogP contribution in [0.2, 0.25) is 0 Å². The third-order valence-electron chi connectivity index (χ3n) is 1.77. The highest BCUT2D eigenvalue weighted by molar-refractivity contribution is 7.80. The first-order valence-corrected chi connectivity index (χ1v) is 5.00. The van der Waals surface area contributed by atoms with Crippen LogP contribution in [-0.2, 0) is 4.74 Å². The van der Waals surface area contributed by atoms with E-state index >= 15 is 0 Å². The van der Waals surface area contributed by atoms with Gasteiger partial charge in [0.25, 0.3) is 0 Å². The monoisotopic (exact) mass is 189 g/mol. The third-order valence-corrected chi connectivity index (χ3v) is 2.10. The number of hydrogen-bond acceptors (Lipinski definition) is 2. The van der Waals surface area contributed by atoms with Gasteiger partial charge in [-0.2, -0.15) is 0 Å². The van der Waals surface area contributed by atoms with Crippen molar-refractivity contribution in [3.05, 3.63) is 0 Å². The molecule has 3 heteroatoms. The standard InChI is InChI=1S/C9H19NOS/c1-3-4-5-6-7-11-8(2)9(10)12/h8H,3-7H2,1-2H3,(H2,10,12). The van der Waals surface area contributed by atoms with E-state index < -0.39 is 0 Å². The topological polar surface area (TPSA) is 35.2 Å². The molecular weight excluding hydrogens is 170 g/mol. The van der Waals surface area contributed by atoms with E-state index in [0.717, 1.165) is 13.0 Å². The van der Waals surface area contributed by atoms with Gasteiger partial charge in [-0.05, 0) is 13.3 Å². The van der Waals surface area contributed by atoms with Gasteiger partial charge < -0.3 is 10.5 Å². The van der Waals surface area contributed by atoms with Crippen molar-refractivity contribution in [3.8, 4) is 0 Å². The average molecular weight is 189 g/mol. The molecule has 1 atom stereocenters. The van der Waals surface area contributed by atoms with Crippen LogP contribution in [0.4, 0.5) is 0 Å². The van der Waals surface area contributed by atoms with Gasteiger partial charge in [0.2, 0.25) is 0 Å². The summed E-state index contributed by atoms with van der Waals surface area (Å²) in [6.07, 6.45) is 4.82. The highest BCUT2D eigenvalue weighted by Crippen LogP contribution is 2.00. The molecule has 0 aliphatic heterocycles. The van der Waals surface area contributed by atoms with Crippen LogP contribution >= 0.6 is 12.2 Å². The highest BCUT2D eigenvalue weighted by Gasteiger charge is 2.03. The van der Waals surface area contributed by atoms with Crippen LogP contribution in [0.1, 0.15) is 39.5 Å². The van der Waals surface area contributed by atoms with E-state index in [-0.39, 0.29) is 6.10 Å². The normalized spacial score (nSPS) is 12.8. The number of unbranched alkanes of at least 4 members (excludes halogenated alkanes) is 3. The molecule has 2 N–H and O–H groups in total. The zero-order chi connectivity index (χ0) is 9.40. The van der Waals surface area contributed by atoms with Gasteiger partial charge in [-0.25, -0.2) is 0 Å². The summed E-state index contributed by atoms with van der Waals surface area (Å²) in [5.74, 6) is 0. The van der Waals surface area contributed by atoms with Crippen LogP contribution in [0.5, 0.6) is 0 Å². The maximum absolute atomic E-state index is 5.38. The minimum atomic E-state index is -0.0679. The molecular formula is C9H19NOS. The predicted octanol–water partition coefficient (Wildman–Crippen LogP) is 2.26. The Kier molecular flexibility index (Phi) is 7.40. The lowest BCUT2D eigenvalue weighted by atomic mass is 10.2. The summed E-state index contributed by atoms with van der Waals surface area (Å²) in [7, 11) is 0. The minimum Gasteiger partial charge on any atom is -0.391 e. The van der Waals surface area contributed by atoms with Crippen molar-refractivity contribution in [1.29, 1.82) is 0 Å². The predicted molar refractivity (Wildman–Crippen MR) is 56.3 cm³/mol.